The molecular formula is C13H19N3O5. The van der Waals surface area contributed by atoms with Crippen molar-refractivity contribution in [1.29, 1.82) is 0 Å². The van der Waals surface area contributed by atoms with Gasteiger partial charge in [-0.3, -0.25) is 0 Å². The molecule has 2 heterocycles. The SMILES string of the molecule is COC(=O)[C@@H]1O[C@H](CN=[N+]=[N-])[C@H]2OC3(CCCCC3)O[C@H]21. The minimum Gasteiger partial charge on any atom is -0.467 e. The lowest BCUT2D eigenvalue weighted by molar-refractivity contribution is -0.225. The van der Waals surface area contributed by atoms with Crippen molar-refractivity contribution < 1.29 is 23.7 Å². The number of carbonyl (C=O) groups excluding carboxylic acids is 1. The molecule has 0 radical (unpaired) electrons. The van der Waals surface area contributed by atoms with Crippen LogP contribution in [0.3, 0.4) is 0 Å². The molecule has 0 aromatic rings. The molecule has 1 spiro atoms. The first kappa shape index (κ1) is 14.6. The van der Waals surface area contributed by atoms with Crippen LogP contribution in [-0.2, 0) is 23.7 Å². The maximum atomic E-state index is 11.9. The molecule has 0 amide bonds. The molecule has 8 heteroatoms. The number of azide groups is 1. The first-order valence-corrected chi connectivity index (χ1v) is 7.29. The second kappa shape index (κ2) is 5.81. The summed E-state index contributed by atoms with van der Waals surface area (Å²) < 4.78 is 22.6. The first-order chi connectivity index (χ1) is 10.2. The lowest BCUT2D eigenvalue weighted by Gasteiger charge is -2.33. The van der Waals surface area contributed by atoms with Gasteiger partial charge in [0, 0.05) is 17.8 Å². The van der Waals surface area contributed by atoms with Crippen molar-refractivity contribution in [2.45, 2.75) is 62.3 Å². The van der Waals surface area contributed by atoms with E-state index in [0.717, 1.165) is 25.7 Å². The van der Waals surface area contributed by atoms with E-state index >= 15 is 0 Å². The molecule has 0 N–H and O–H groups in total. The summed E-state index contributed by atoms with van der Waals surface area (Å²) in [6.45, 7) is 0.116. The highest BCUT2D eigenvalue weighted by Gasteiger charge is 2.60. The minimum atomic E-state index is -0.819. The molecule has 116 valence electrons. The number of rotatable bonds is 3. The number of hydrogen-bond donors (Lipinski definition) is 0. The number of nitrogens with zero attached hydrogens (tertiary/aromatic N) is 3. The maximum Gasteiger partial charge on any atom is 0.337 e. The lowest BCUT2D eigenvalue weighted by Crippen LogP contribution is -2.39. The minimum absolute atomic E-state index is 0.116. The van der Waals surface area contributed by atoms with E-state index in [1.165, 1.54) is 13.5 Å². The number of hydrogen-bond acceptors (Lipinski definition) is 6. The van der Waals surface area contributed by atoms with Gasteiger partial charge < -0.3 is 18.9 Å². The van der Waals surface area contributed by atoms with Gasteiger partial charge in [0.05, 0.1) is 19.8 Å². The van der Waals surface area contributed by atoms with E-state index in [1.807, 2.05) is 0 Å². The van der Waals surface area contributed by atoms with Crippen molar-refractivity contribution in [2.24, 2.45) is 5.11 Å². The van der Waals surface area contributed by atoms with Gasteiger partial charge in [0.1, 0.15) is 12.2 Å². The van der Waals surface area contributed by atoms with Crippen LogP contribution >= 0.6 is 0 Å². The molecule has 2 saturated heterocycles. The zero-order chi connectivity index (χ0) is 14.9. The second-order valence-corrected chi connectivity index (χ2v) is 5.67. The quantitative estimate of drug-likeness (QED) is 0.341. The van der Waals surface area contributed by atoms with Gasteiger partial charge in [-0.05, 0) is 18.4 Å². The molecule has 2 aliphatic heterocycles. The Morgan fingerprint density at radius 3 is 2.71 bits per heavy atom. The fourth-order valence-corrected chi connectivity index (χ4v) is 3.42. The van der Waals surface area contributed by atoms with Crippen molar-refractivity contribution in [1.82, 2.24) is 0 Å². The third-order valence-corrected chi connectivity index (χ3v) is 4.39. The monoisotopic (exact) mass is 297 g/mol. The van der Waals surface area contributed by atoms with Crippen LogP contribution in [0, 0.1) is 0 Å². The molecule has 0 unspecified atom stereocenters. The second-order valence-electron chi connectivity index (χ2n) is 5.67. The van der Waals surface area contributed by atoms with Gasteiger partial charge in [0.2, 0.25) is 0 Å². The molecule has 0 aromatic heterocycles. The molecule has 3 fully saturated rings. The van der Waals surface area contributed by atoms with E-state index in [0.29, 0.717) is 0 Å². The topological polar surface area (TPSA) is 103 Å². The van der Waals surface area contributed by atoms with Crippen LogP contribution in [0.5, 0.6) is 0 Å². The summed E-state index contributed by atoms with van der Waals surface area (Å²) in [4.78, 5) is 14.6. The van der Waals surface area contributed by atoms with Crippen molar-refractivity contribution in [3.8, 4) is 0 Å². The third-order valence-electron chi connectivity index (χ3n) is 4.39. The summed E-state index contributed by atoms with van der Waals surface area (Å²) in [6, 6.07) is 0. The van der Waals surface area contributed by atoms with Gasteiger partial charge in [0.15, 0.2) is 11.9 Å². The van der Waals surface area contributed by atoms with Crippen LogP contribution in [0.15, 0.2) is 5.11 Å². The third kappa shape index (κ3) is 2.60. The van der Waals surface area contributed by atoms with Gasteiger partial charge in [-0.2, -0.15) is 0 Å². The number of methoxy groups -OCH3 is 1. The fourth-order valence-electron chi connectivity index (χ4n) is 3.42. The smallest absolute Gasteiger partial charge is 0.337 e. The summed E-state index contributed by atoms with van der Waals surface area (Å²) in [6.07, 6.45) is 2.73. The predicted octanol–water partition coefficient (Wildman–Crippen LogP) is 1.68. The standard InChI is InChI=1S/C13H19N3O5/c1-18-12(17)11-10-9(8(19-11)7-15-16-14)20-13(21-10)5-3-2-4-6-13/h8-11H,2-7H2,1H3/t8-,9-,10-,11-/m1/s1. The summed E-state index contributed by atoms with van der Waals surface area (Å²) in [5, 5.41) is 3.54. The van der Waals surface area contributed by atoms with Crippen molar-refractivity contribution in [3.05, 3.63) is 10.4 Å². The predicted molar refractivity (Wildman–Crippen MR) is 70.3 cm³/mol. The zero-order valence-corrected chi connectivity index (χ0v) is 11.9. The van der Waals surface area contributed by atoms with Crippen molar-refractivity contribution in [3.63, 3.8) is 0 Å². The highest BCUT2D eigenvalue weighted by Crippen LogP contribution is 2.46. The largest absolute Gasteiger partial charge is 0.467 e. The van der Waals surface area contributed by atoms with Gasteiger partial charge in [-0.1, -0.05) is 11.5 Å². The van der Waals surface area contributed by atoms with Gasteiger partial charge in [0.25, 0.3) is 0 Å². The Bertz CT molecular complexity index is 459. The van der Waals surface area contributed by atoms with Crippen LogP contribution < -0.4 is 0 Å². The molecule has 3 rings (SSSR count). The van der Waals surface area contributed by atoms with Crippen molar-refractivity contribution in [2.75, 3.05) is 13.7 Å². The van der Waals surface area contributed by atoms with Gasteiger partial charge in [-0.25, -0.2) is 4.79 Å². The normalized spacial score (nSPS) is 37.0. The number of ether oxygens (including phenoxy) is 4. The molecule has 21 heavy (non-hydrogen) atoms. The van der Waals surface area contributed by atoms with E-state index in [-0.39, 0.29) is 6.54 Å². The molecule has 1 saturated carbocycles. The lowest BCUT2D eigenvalue weighted by atomic mass is 9.94. The van der Waals surface area contributed by atoms with E-state index in [4.69, 9.17) is 24.5 Å². The number of esters is 1. The van der Waals surface area contributed by atoms with Crippen LogP contribution in [0.1, 0.15) is 32.1 Å². The van der Waals surface area contributed by atoms with Crippen molar-refractivity contribution >= 4 is 5.97 Å². The van der Waals surface area contributed by atoms with Crippen LogP contribution in [0.4, 0.5) is 0 Å². The van der Waals surface area contributed by atoms with E-state index in [9.17, 15) is 4.79 Å². The summed E-state index contributed by atoms with van der Waals surface area (Å²) in [5.74, 6) is -1.09. The van der Waals surface area contributed by atoms with E-state index in [1.54, 1.807) is 0 Å². The molecule has 8 nitrogen and oxygen atoms in total. The highest BCUT2D eigenvalue weighted by molar-refractivity contribution is 5.76. The number of carbonyl (C=O) groups is 1. The van der Waals surface area contributed by atoms with Crippen LogP contribution in [0.25, 0.3) is 10.4 Å². The summed E-state index contributed by atoms with van der Waals surface area (Å²) >= 11 is 0. The molecule has 0 bridgehead atoms. The van der Waals surface area contributed by atoms with Crippen LogP contribution in [0.2, 0.25) is 0 Å². The average molecular weight is 297 g/mol. The summed E-state index contributed by atoms with van der Waals surface area (Å²) in [7, 11) is 1.31. The molecular weight excluding hydrogens is 278 g/mol. The molecule has 4 atom stereocenters. The van der Waals surface area contributed by atoms with Gasteiger partial charge >= 0.3 is 5.97 Å². The Morgan fingerprint density at radius 2 is 2.05 bits per heavy atom. The molecule has 0 aromatic carbocycles. The zero-order valence-electron chi connectivity index (χ0n) is 11.9. The average Bonchev–Trinajstić information content (AvgIpc) is 3.01. The van der Waals surface area contributed by atoms with E-state index < -0.39 is 36.2 Å². The van der Waals surface area contributed by atoms with Crippen LogP contribution in [-0.4, -0.2) is 49.8 Å². The summed E-state index contributed by atoms with van der Waals surface area (Å²) in [5.41, 5.74) is 8.47. The Morgan fingerprint density at radius 1 is 1.33 bits per heavy atom. The fraction of sp³-hybridized carbons (Fsp3) is 0.923. The molecule has 1 aliphatic carbocycles. The maximum absolute atomic E-state index is 11.9. The van der Waals surface area contributed by atoms with E-state index in [2.05, 4.69) is 10.0 Å². The van der Waals surface area contributed by atoms with Gasteiger partial charge in [-0.15, -0.1) is 0 Å². The Balaban J connectivity index is 1.79. The number of fused-ring (bicyclic) bond motifs is 1. The Kier molecular flexibility index (Phi) is 4.03. The highest BCUT2D eigenvalue weighted by atomic mass is 16.8. The first-order valence-electron chi connectivity index (χ1n) is 7.29. The Hall–Kier alpha value is -1.34. The molecule has 3 aliphatic rings. The Labute approximate surface area is 122 Å².